The van der Waals surface area contributed by atoms with E-state index in [1.165, 1.54) is 28.3 Å². The van der Waals surface area contributed by atoms with Crippen LogP contribution in [0.2, 0.25) is 0 Å². The molecular formula is C16H20ClIN2. The molecule has 2 aromatic rings. The molecule has 0 N–H and O–H groups in total. The summed E-state index contributed by atoms with van der Waals surface area (Å²) in [6, 6.07) is 6.55. The quantitative estimate of drug-likeness (QED) is 0.527. The maximum atomic E-state index is 5.96. The second-order valence-electron chi connectivity index (χ2n) is 5.88. The number of aromatic nitrogens is 2. The van der Waals surface area contributed by atoms with Gasteiger partial charge in [-0.15, -0.1) is 11.6 Å². The van der Waals surface area contributed by atoms with Crippen LogP contribution < -0.4 is 0 Å². The molecule has 2 atom stereocenters. The van der Waals surface area contributed by atoms with Crippen LogP contribution in [0, 0.1) is 15.4 Å². The fourth-order valence-corrected chi connectivity index (χ4v) is 4.00. The Hall–Kier alpha value is -0.290. The smallest absolute Gasteiger partial charge is 0.111 e. The van der Waals surface area contributed by atoms with Crippen molar-refractivity contribution in [2.45, 2.75) is 39.2 Å². The summed E-state index contributed by atoms with van der Waals surface area (Å²) < 4.78 is 3.66. The Bertz CT molecular complexity index is 608. The SMILES string of the molecule is CC1CCCC1Cn1c(CCCl)nc2cc(I)ccc21. The zero-order chi connectivity index (χ0) is 14.1. The molecule has 0 aliphatic heterocycles. The zero-order valence-corrected chi connectivity index (χ0v) is 14.7. The van der Waals surface area contributed by atoms with E-state index in [4.69, 9.17) is 16.6 Å². The van der Waals surface area contributed by atoms with Crippen LogP contribution in [0.3, 0.4) is 0 Å². The maximum absolute atomic E-state index is 5.96. The molecular weight excluding hydrogens is 383 g/mol. The molecule has 2 unspecified atom stereocenters. The fraction of sp³-hybridized carbons (Fsp3) is 0.562. The topological polar surface area (TPSA) is 17.8 Å². The van der Waals surface area contributed by atoms with Crippen molar-refractivity contribution in [3.63, 3.8) is 0 Å². The lowest BCUT2D eigenvalue weighted by Crippen LogP contribution is -2.15. The van der Waals surface area contributed by atoms with Crippen LogP contribution in [-0.2, 0) is 13.0 Å². The third kappa shape index (κ3) is 2.84. The number of halogens is 2. The molecule has 1 heterocycles. The number of aryl methyl sites for hydroxylation is 1. The van der Waals surface area contributed by atoms with Gasteiger partial charge in [-0.05, 0) is 59.0 Å². The van der Waals surface area contributed by atoms with Gasteiger partial charge in [0.2, 0.25) is 0 Å². The third-order valence-corrected chi connectivity index (χ3v) is 5.42. The van der Waals surface area contributed by atoms with E-state index >= 15 is 0 Å². The normalized spacial score (nSPS) is 22.8. The van der Waals surface area contributed by atoms with Crippen LogP contribution in [0.1, 0.15) is 32.0 Å². The van der Waals surface area contributed by atoms with E-state index in [9.17, 15) is 0 Å². The number of hydrogen-bond donors (Lipinski definition) is 0. The van der Waals surface area contributed by atoms with E-state index < -0.39 is 0 Å². The van der Waals surface area contributed by atoms with Crippen LogP contribution in [0.15, 0.2) is 18.2 Å². The summed E-state index contributed by atoms with van der Waals surface area (Å²) in [5.41, 5.74) is 2.38. The minimum absolute atomic E-state index is 0.640. The van der Waals surface area contributed by atoms with Crippen LogP contribution in [0.4, 0.5) is 0 Å². The van der Waals surface area contributed by atoms with Crippen molar-refractivity contribution >= 4 is 45.2 Å². The molecule has 1 fully saturated rings. The second-order valence-corrected chi connectivity index (χ2v) is 7.50. The molecule has 0 spiro atoms. The molecule has 0 amide bonds. The van der Waals surface area contributed by atoms with Gasteiger partial charge in [0.05, 0.1) is 11.0 Å². The number of benzene rings is 1. The summed E-state index contributed by atoms with van der Waals surface area (Å²) in [5, 5.41) is 0. The summed E-state index contributed by atoms with van der Waals surface area (Å²) in [7, 11) is 0. The highest BCUT2D eigenvalue weighted by Crippen LogP contribution is 2.33. The Balaban J connectivity index is 1.99. The van der Waals surface area contributed by atoms with Gasteiger partial charge in [-0.3, -0.25) is 0 Å². The van der Waals surface area contributed by atoms with Gasteiger partial charge in [0.25, 0.3) is 0 Å². The maximum Gasteiger partial charge on any atom is 0.111 e. The monoisotopic (exact) mass is 402 g/mol. The lowest BCUT2D eigenvalue weighted by molar-refractivity contribution is 0.363. The molecule has 2 nitrogen and oxygen atoms in total. The number of nitrogens with zero attached hydrogens (tertiary/aromatic N) is 2. The number of hydrogen-bond acceptors (Lipinski definition) is 1. The Kier molecular flexibility index (Phi) is 4.55. The second kappa shape index (κ2) is 6.22. The molecule has 3 rings (SSSR count). The molecule has 4 heteroatoms. The van der Waals surface area contributed by atoms with E-state index in [-0.39, 0.29) is 0 Å². The van der Waals surface area contributed by atoms with Crippen molar-refractivity contribution < 1.29 is 0 Å². The van der Waals surface area contributed by atoms with Crippen molar-refractivity contribution in [2.75, 3.05) is 5.88 Å². The van der Waals surface area contributed by atoms with Gasteiger partial charge in [0, 0.05) is 22.4 Å². The highest BCUT2D eigenvalue weighted by molar-refractivity contribution is 14.1. The molecule has 1 saturated carbocycles. The fourth-order valence-electron chi connectivity index (χ4n) is 3.36. The highest BCUT2D eigenvalue weighted by Gasteiger charge is 2.25. The van der Waals surface area contributed by atoms with Gasteiger partial charge in [-0.1, -0.05) is 19.8 Å². The molecule has 0 saturated heterocycles. The number of imidazole rings is 1. The molecule has 108 valence electrons. The average Bonchev–Trinajstić information content (AvgIpc) is 2.96. The van der Waals surface area contributed by atoms with Gasteiger partial charge in [-0.2, -0.15) is 0 Å². The molecule has 1 aromatic carbocycles. The van der Waals surface area contributed by atoms with E-state index in [0.717, 1.165) is 36.1 Å². The first-order chi connectivity index (χ1) is 9.69. The predicted octanol–water partition coefficient (Wildman–Crippen LogP) is 4.86. The Morgan fingerprint density at radius 3 is 2.95 bits per heavy atom. The molecule has 1 aliphatic carbocycles. The predicted molar refractivity (Wildman–Crippen MR) is 93.4 cm³/mol. The number of rotatable bonds is 4. The molecule has 1 aliphatic rings. The minimum atomic E-state index is 0.640. The van der Waals surface area contributed by atoms with Crippen LogP contribution in [0.5, 0.6) is 0 Å². The number of alkyl halides is 1. The van der Waals surface area contributed by atoms with Gasteiger partial charge in [0.15, 0.2) is 0 Å². The number of fused-ring (bicyclic) bond motifs is 1. The zero-order valence-electron chi connectivity index (χ0n) is 11.8. The summed E-state index contributed by atoms with van der Waals surface area (Å²) in [5.74, 6) is 3.41. The Morgan fingerprint density at radius 1 is 1.40 bits per heavy atom. The van der Waals surface area contributed by atoms with Gasteiger partial charge >= 0.3 is 0 Å². The van der Waals surface area contributed by atoms with Crippen molar-refractivity contribution in [1.29, 1.82) is 0 Å². The van der Waals surface area contributed by atoms with Gasteiger partial charge in [-0.25, -0.2) is 4.98 Å². The van der Waals surface area contributed by atoms with Crippen LogP contribution in [0.25, 0.3) is 11.0 Å². The molecule has 20 heavy (non-hydrogen) atoms. The first-order valence-electron chi connectivity index (χ1n) is 7.39. The van der Waals surface area contributed by atoms with Crippen molar-refractivity contribution in [1.82, 2.24) is 9.55 Å². The Morgan fingerprint density at radius 2 is 2.25 bits per heavy atom. The first kappa shape index (κ1) is 14.6. The molecule has 0 bridgehead atoms. The minimum Gasteiger partial charge on any atom is -0.328 e. The van der Waals surface area contributed by atoms with E-state index in [1.54, 1.807) is 0 Å². The molecule has 0 radical (unpaired) electrons. The average molecular weight is 403 g/mol. The van der Waals surface area contributed by atoms with Gasteiger partial charge in [0.1, 0.15) is 5.82 Å². The standard InChI is InChI=1S/C16H20ClIN2/c1-11-3-2-4-12(11)10-20-15-6-5-13(18)9-14(15)19-16(20)7-8-17/h5-6,9,11-12H,2-4,7-8,10H2,1H3. The summed E-state index contributed by atoms with van der Waals surface area (Å²) in [6.45, 7) is 3.49. The summed E-state index contributed by atoms with van der Waals surface area (Å²) in [6.07, 6.45) is 4.96. The first-order valence-corrected chi connectivity index (χ1v) is 9.01. The Labute approximate surface area is 139 Å². The van der Waals surface area contributed by atoms with Gasteiger partial charge < -0.3 is 4.57 Å². The van der Waals surface area contributed by atoms with E-state index in [0.29, 0.717) is 5.88 Å². The summed E-state index contributed by atoms with van der Waals surface area (Å²) >= 11 is 8.31. The van der Waals surface area contributed by atoms with Crippen LogP contribution >= 0.6 is 34.2 Å². The van der Waals surface area contributed by atoms with Crippen molar-refractivity contribution in [3.8, 4) is 0 Å². The largest absolute Gasteiger partial charge is 0.328 e. The van der Waals surface area contributed by atoms with E-state index in [1.807, 2.05) is 0 Å². The lowest BCUT2D eigenvalue weighted by Gasteiger charge is -2.18. The molecule has 1 aromatic heterocycles. The van der Waals surface area contributed by atoms with Crippen LogP contribution in [-0.4, -0.2) is 15.4 Å². The van der Waals surface area contributed by atoms with Crippen molar-refractivity contribution in [3.05, 3.63) is 27.6 Å². The van der Waals surface area contributed by atoms with E-state index in [2.05, 4.69) is 52.3 Å². The highest BCUT2D eigenvalue weighted by atomic mass is 127. The van der Waals surface area contributed by atoms with Crippen molar-refractivity contribution in [2.24, 2.45) is 11.8 Å². The summed E-state index contributed by atoms with van der Waals surface area (Å²) in [4.78, 5) is 4.80. The third-order valence-electron chi connectivity index (χ3n) is 4.56. The lowest BCUT2D eigenvalue weighted by atomic mass is 9.98.